The van der Waals surface area contributed by atoms with Gasteiger partial charge in [0, 0.05) is 12.8 Å². The van der Waals surface area contributed by atoms with Gasteiger partial charge in [-0.1, -0.05) is 24.3 Å². The lowest BCUT2D eigenvalue weighted by Gasteiger charge is -2.27. The molecule has 2 unspecified atom stereocenters. The van der Waals surface area contributed by atoms with Crippen molar-refractivity contribution in [2.75, 3.05) is 0 Å². The number of Topliss-reactive ketones (excluding diaryl/α,β-unsaturated/α-hetero) is 1. The molecule has 2 aliphatic rings. The normalized spacial score (nSPS) is 29.9. The van der Waals surface area contributed by atoms with Crippen LogP contribution in [0.15, 0.2) is 24.3 Å². The van der Waals surface area contributed by atoms with Crippen molar-refractivity contribution >= 4 is 5.78 Å². The summed E-state index contributed by atoms with van der Waals surface area (Å²) < 4.78 is 0. The number of fused-ring (bicyclic) bond motifs is 3. The predicted octanol–water partition coefficient (Wildman–Crippen LogP) is 2.70. The minimum Gasteiger partial charge on any atom is -0.300 e. The maximum atomic E-state index is 11.4. The highest BCUT2D eigenvalue weighted by Gasteiger charge is 2.37. The molecule has 14 heavy (non-hydrogen) atoms. The van der Waals surface area contributed by atoms with E-state index in [4.69, 9.17) is 0 Å². The van der Waals surface area contributed by atoms with E-state index in [2.05, 4.69) is 24.3 Å². The average molecular weight is 186 g/mol. The second kappa shape index (κ2) is 2.94. The summed E-state index contributed by atoms with van der Waals surface area (Å²) in [7, 11) is 0. The van der Waals surface area contributed by atoms with Crippen LogP contribution in [-0.4, -0.2) is 5.78 Å². The topological polar surface area (TPSA) is 17.1 Å². The van der Waals surface area contributed by atoms with Crippen molar-refractivity contribution in [3.8, 4) is 0 Å². The molecule has 0 saturated heterocycles. The van der Waals surface area contributed by atoms with E-state index in [9.17, 15) is 4.79 Å². The number of benzene rings is 1. The van der Waals surface area contributed by atoms with Gasteiger partial charge in [0.25, 0.3) is 0 Å². The molecule has 2 aliphatic carbocycles. The van der Waals surface area contributed by atoms with E-state index in [0.717, 1.165) is 12.8 Å². The molecule has 72 valence electrons. The third kappa shape index (κ3) is 1.12. The summed E-state index contributed by atoms with van der Waals surface area (Å²) in [5.41, 5.74) is 2.93. The van der Waals surface area contributed by atoms with Crippen molar-refractivity contribution < 1.29 is 4.79 Å². The van der Waals surface area contributed by atoms with Crippen molar-refractivity contribution in [3.05, 3.63) is 35.4 Å². The minimum atomic E-state index is 0.469. The predicted molar refractivity (Wildman–Crippen MR) is 55.2 cm³/mol. The van der Waals surface area contributed by atoms with E-state index in [0.29, 0.717) is 17.6 Å². The van der Waals surface area contributed by atoms with Gasteiger partial charge in [-0.05, 0) is 35.8 Å². The largest absolute Gasteiger partial charge is 0.300 e. The molecule has 0 bridgehead atoms. The lowest BCUT2D eigenvalue weighted by molar-refractivity contribution is -0.117. The van der Waals surface area contributed by atoms with Crippen molar-refractivity contribution in [2.24, 2.45) is 5.92 Å². The lowest BCUT2D eigenvalue weighted by Crippen LogP contribution is -2.15. The van der Waals surface area contributed by atoms with Crippen LogP contribution in [0.2, 0.25) is 0 Å². The summed E-state index contributed by atoms with van der Waals surface area (Å²) in [6.45, 7) is 0. The molecule has 0 spiro atoms. The zero-order valence-corrected chi connectivity index (χ0v) is 8.20. The van der Waals surface area contributed by atoms with E-state index in [1.165, 1.54) is 24.0 Å². The number of rotatable bonds is 0. The Morgan fingerprint density at radius 1 is 1.14 bits per heavy atom. The Hall–Kier alpha value is -1.11. The Morgan fingerprint density at radius 2 is 2.00 bits per heavy atom. The summed E-state index contributed by atoms with van der Waals surface area (Å²) >= 11 is 0. The smallest absolute Gasteiger partial charge is 0.133 e. The van der Waals surface area contributed by atoms with E-state index >= 15 is 0 Å². The monoisotopic (exact) mass is 186 g/mol. The molecule has 1 saturated carbocycles. The van der Waals surface area contributed by atoms with E-state index in [-0.39, 0.29) is 0 Å². The van der Waals surface area contributed by atoms with Crippen LogP contribution in [0.1, 0.15) is 36.3 Å². The van der Waals surface area contributed by atoms with Crippen molar-refractivity contribution in [2.45, 2.75) is 31.6 Å². The van der Waals surface area contributed by atoms with Gasteiger partial charge in [-0.3, -0.25) is 4.79 Å². The summed E-state index contributed by atoms with van der Waals surface area (Å²) in [6, 6.07) is 8.64. The van der Waals surface area contributed by atoms with Gasteiger partial charge in [0.1, 0.15) is 5.78 Å². The lowest BCUT2D eigenvalue weighted by atomic mass is 9.77. The molecular weight excluding hydrogens is 172 g/mol. The second-order valence-electron chi connectivity index (χ2n) is 4.55. The van der Waals surface area contributed by atoms with Gasteiger partial charge in [0.05, 0.1) is 0 Å². The van der Waals surface area contributed by atoms with Gasteiger partial charge in [0.15, 0.2) is 0 Å². The Morgan fingerprint density at radius 3 is 2.93 bits per heavy atom. The molecule has 2 atom stereocenters. The highest BCUT2D eigenvalue weighted by atomic mass is 16.1. The van der Waals surface area contributed by atoms with Crippen molar-refractivity contribution in [1.82, 2.24) is 0 Å². The van der Waals surface area contributed by atoms with Gasteiger partial charge < -0.3 is 0 Å². The summed E-state index contributed by atoms with van der Waals surface area (Å²) in [5.74, 6) is 1.67. The van der Waals surface area contributed by atoms with Crippen LogP contribution >= 0.6 is 0 Å². The van der Waals surface area contributed by atoms with Crippen LogP contribution in [0.5, 0.6) is 0 Å². The number of carbonyl (C=O) groups excluding carboxylic acids is 1. The molecule has 0 N–H and O–H groups in total. The Labute approximate surface area is 84.1 Å². The van der Waals surface area contributed by atoms with Gasteiger partial charge >= 0.3 is 0 Å². The van der Waals surface area contributed by atoms with Crippen molar-refractivity contribution in [1.29, 1.82) is 0 Å². The first-order valence-electron chi connectivity index (χ1n) is 5.44. The Bertz CT molecular complexity index is 381. The van der Waals surface area contributed by atoms with Crippen LogP contribution in [0.4, 0.5) is 0 Å². The molecule has 0 amide bonds. The molecule has 3 rings (SSSR count). The zero-order valence-electron chi connectivity index (χ0n) is 8.20. The zero-order chi connectivity index (χ0) is 9.54. The number of ketones is 1. The first kappa shape index (κ1) is 8.22. The van der Waals surface area contributed by atoms with Crippen LogP contribution < -0.4 is 0 Å². The molecule has 1 aromatic carbocycles. The molecule has 1 nitrogen and oxygen atoms in total. The van der Waals surface area contributed by atoms with E-state index in [1.54, 1.807) is 0 Å². The first-order valence-corrected chi connectivity index (χ1v) is 5.44. The summed E-state index contributed by atoms with van der Waals surface area (Å²) in [4.78, 5) is 11.4. The second-order valence-corrected chi connectivity index (χ2v) is 4.55. The maximum Gasteiger partial charge on any atom is 0.133 e. The highest BCUT2D eigenvalue weighted by Crippen LogP contribution is 2.44. The Balaban J connectivity index is 2.05. The van der Waals surface area contributed by atoms with E-state index in [1.807, 2.05) is 0 Å². The molecule has 1 aromatic rings. The van der Waals surface area contributed by atoms with Gasteiger partial charge in [-0.2, -0.15) is 0 Å². The van der Waals surface area contributed by atoms with Crippen molar-refractivity contribution in [3.63, 3.8) is 0 Å². The summed E-state index contributed by atoms with van der Waals surface area (Å²) in [6.07, 6.45) is 4.01. The number of carbonyl (C=O) groups is 1. The Kier molecular flexibility index (Phi) is 1.73. The SMILES string of the molecule is O=C1CC2CCc3ccccc3C2C1. The van der Waals surface area contributed by atoms with Gasteiger partial charge in [-0.15, -0.1) is 0 Å². The fourth-order valence-corrected chi connectivity index (χ4v) is 3.06. The third-order valence-corrected chi connectivity index (χ3v) is 3.75. The number of hydrogen-bond acceptors (Lipinski definition) is 1. The quantitative estimate of drug-likeness (QED) is 0.609. The molecular formula is C13H14O. The van der Waals surface area contributed by atoms with Crippen LogP contribution in [-0.2, 0) is 11.2 Å². The fourth-order valence-electron chi connectivity index (χ4n) is 3.06. The molecule has 0 radical (unpaired) electrons. The molecule has 0 aromatic heterocycles. The van der Waals surface area contributed by atoms with Crippen LogP contribution in [0.3, 0.4) is 0 Å². The maximum absolute atomic E-state index is 11.4. The molecule has 1 heteroatoms. The standard InChI is InChI=1S/C13H14O/c14-11-7-10-6-5-9-3-1-2-4-12(9)13(10)8-11/h1-4,10,13H,5-8H2. The molecule has 1 fully saturated rings. The molecule has 0 aliphatic heterocycles. The van der Waals surface area contributed by atoms with Gasteiger partial charge in [0.2, 0.25) is 0 Å². The van der Waals surface area contributed by atoms with Gasteiger partial charge in [-0.25, -0.2) is 0 Å². The van der Waals surface area contributed by atoms with Crippen LogP contribution in [0.25, 0.3) is 0 Å². The fraction of sp³-hybridized carbons (Fsp3) is 0.462. The highest BCUT2D eigenvalue weighted by molar-refractivity contribution is 5.82. The van der Waals surface area contributed by atoms with E-state index < -0.39 is 0 Å². The third-order valence-electron chi connectivity index (χ3n) is 3.75. The number of hydrogen-bond donors (Lipinski definition) is 0. The average Bonchev–Trinajstić information content (AvgIpc) is 2.59. The first-order chi connectivity index (χ1) is 6.84. The summed E-state index contributed by atoms with van der Waals surface area (Å²) in [5, 5.41) is 0. The molecule has 0 heterocycles. The number of aryl methyl sites for hydroxylation is 1. The minimum absolute atomic E-state index is 0.469. The van der Waals surface area contributed by atoms with Crippen LogP contribution in [0, 0.1) is 5.92 Å².